The third kappa shape index (κ3) is 3.49. The zero-order chi connectivity index (χ0) is 14.6. The van der Waals surface area contributed by atoms with Gasteiger partial charge in [0.05, 0.1) is 5.92 Å². The molecule has 0 aliphatic heterocycles. The van der Waals surface area contributed by atoms with E-state index in [-0.39, 0.29) is 22.7 Å². The summed E-state index contributed by atoms with van der Waals surface area (Å²) in [6.45, 7) is 15.4. The third-order valence-corrected chi connectivity index (χ3v) is 5.40. The van der Waals surface area contributed by atoms with E-state index in [1.807, 2.05) is 6.92 Å². The summed E-state index contributed by atoms with van der Waals surface area (Å²) in [6, 6.07) is 0. The Morgan fingerprint density at radius 3 is 1.89 bits per heavy atom. The summed E-state index contributed by atoms with van der Waals surface area (Å²) in [5.74, 6) is -0.596. The van der Waals surface area contributed by atoms with Crippen LogP contribution < -0.4 is 0 Å². The van der Waals surface area contributed by atoms with E-state index in [4.69, 9.17) is 0 Å². The van der Waals surface area contributed by atoms with Crippen LogP contribution in [0.5, 0.6) is 0 Å². The maximum Gasteiger partial charge on any atom is 0.306 e. The molecule has 0 bridgehead atoms. The van der Waals surface area contributed by atoms with Gasteiger partial charge in [0.25, 0.3) is 0 Å². The Kier molecular flexibility index (Phi) is 6.39. The maximum atomic E-state index is 11.5. The van der Waals surface area contributed by atoms with E-state index in [9.17, 15) is 9.90 Å². The fourth-order valence-electron chi connectivity index (χ4n) is 2.96. The molecule has 0 aromatic rings. The Morgan fingerprint density at radius 2 is 1.61 bits per heavy atom. The minimum Gasteiger partial charge on any atom is -0.481 e. The second kappa shape index (κ2) is 6.58. The first kappa shape index (κ1) is 17.5. The predicted octanol–water partition coefficient (Wildman–Crippen LogP) is 4.98. The molecule has 0 aromatic carbocycles. The molecular weight excluding hydrogens is 224 g/mol. The molecular formula is C16H32O2. The second-order valence-electron chi connectivity index (χ2n) is 6.71. The lowest BCUT2D eigenvalue weighted by Gasteiger charge is -2.49. The fraction of sp³-hybridized carbons (Fsp3) is 0.938. The van der Waals surface area contributed by atoms with E-state index in [0.29, 0.717) is 0 Å². The van der Waals surface area contributed by atoms with Crippen molar-refractivity contribution in [1.82, 2.24) is 0 Å². The molecule has 0 rings (SSSR count). The van der Waals surface area contributed by atoms with Crippen LogP contribution in [0.2, 0.25) is 0 Å². The van der Waals surface area contributed by atoms with Crippen molar-refractivity contribution in [3.05, 3.63) is 0 Å². The topological polar surface area (TPSA) is 37.3 Å². The van der Waals surface area contributed by atoms with E-state index in [0.717, 1.165) is 25.7 Å². The highest BCUT2D eigenvalue weighted by Gasteiger charge is 2.45. The molecule has 0 fully saturated rings. The van der Waals surface area contributed by atoms with Crippen molar-refractivity contribution in [2.45, 2.75) is 74.1 Å². The molecule has 0 amide bonds. The molecule has 2 unspecified atom stereocenters. The number of hydrogen-bond donors (Lipinski definition) is 1. The summed E-state index contributed by atoms with van der Waals surface area (Å²) >= 11 is 0. The molecule has 2 atom stereocenters. The normalized spacial score (nSPS) is 16.4. The molecule has 0 radical (unpaired) electrons. The van der Waals surface area contributed by atoms with Gasteiger partial charge in [-0.2, -0.15) is 0 Å². The van der Waals surface area contributed by atoms with Crippen LogP contribution in [-0.2, 0) is 4.79 Å². The first-order valence-electron chi connectivity index (χ1n) is 7.38. The van der Waals surface area contributed by atoms with Crippen molar-refractivity contribution in [2.75, 3.05) is 0 Å². The molecule has 0 aliphatic rings. The van der Waals surface area contributed by atoms with Gasteiger partial charge in [0.2, 0.25) is 0 Å². The van der Waals surface area contributed by atoms with Crippen LogP contribution in [0.25, 0.3) is 0 Å². The quantitative estimate of drug-likeness (QED) is 0.665. The van der Waals surface area contributed by atoms with Crippen LogP contribution in [0.3, 0.4) is 0 Å². The fourth-order valence-corrected chi connectivity index (χ4v) is 2.96. The largest absolute Gasteiger partial charge is 0.481 e. The molecule has 0 saturated heterocycles. The Labute approximate surface area is 113 Å². The smallest absolute Gasteiger partial charge is 0.306 e. The molecule has 0 spiro atoms. The first-order chi connectivity index (χ1) is 8.15. The van der Waals surface area contributed by atoms with E-state index in [1.165, 1.54) is 0 Å². The average Bonchev–Trinajstić information content (AvgIpc) is 2.28. The molecule has 0 aromatic heterocycles. The molecule has 0 aliphatic carbocycles. The number of carboxylic acid groups (broad SMARTS) is 1. The minimum absolute atomic E-state index is 0.0385. The van der Waals surface area contributed by atoms with Gasteiger partial charge in [0, 0.05) is 0 Å². The first-order valence-corrected chi connectivity index (χ1v) is 7.38. The average molecular weight is 256 g/mol. The summed E-state index contributed by atoms with van der Waals surface area (Å²) in [6.07, 6.45) is 3.86. The van der Waals surface area contributed by atoms with Gasteiger partial charge >= 0.3 is 5.97 Å². The summed E-state index contributed by atoms with van der Waals surface area (Å²) in [4.78, 5) is 11.5. The van der Waals surface area contributed by atoms with Crippen LogP contribution in [0.1, 0.15) is 74.1 Å². The molecule has 1 N–H and O–H groups in total. The zero-order valence-corrected chi connectivity index (χ0v) is 13.3. The lowest BCUT2D eigenvalue weighted by Crippen LogP contribution is -2.44. The van der Waals surface area contributed by atoms with Gasteiger partial charge in [-0.05, 0) is 29.6 Å². The van der Waals surface area contributed by atoms with E-state index >= 15 is 0 Å². The molecule has 108 valence electrons. The summed E-state index contributed by atoms with van der Waals surface area (Å²) in [5.41, 5.74) is 0.201. The molecule has 0 heterocycles. The van der Waals surface area contributed by atoms with Crippen molar-refractivity contribution < 1.29 is 9.90 Å². The third-order valence-electron chi connectivity index (χ3n) is 5.40. The number of rotatable bonds is 8. The monoisotopic (exact) mass is 256 g/mol. The van der Waals surface area contributed by atoms with Crippen molar-refractivity contribution in [3.8, 4) is 0 Å². The van der Waals surface area contributed by atoms with E-state index in [1.54, 1.807) is 0 Å². The Balaban J connectivity index is 5.39. The number of hydrogen-bond acceptors (Lipinski definition) is 1. The highest BCUT2D eigenvalue weighted by atomic mass is 16.4. The Morgan fingerprint density at radius 1 is 1.11 bits per heavy atom. The standard InChI is InChI=1S/C16H32O2/c1-8-11-13(12(9-2)14(17)18)16(6,7)15(4,5)10-3/h12-13H,8-11H2,1-7H3,(H,17,18). The predicted molar refractivity (Wildman–Crippen MR) is 77.7 cm³/mol. The van der Waals surface area contributed by atoms with Crippen LogP contribution in [0, 0.1) is 22.7 Å². The van der Waals surface area contributed by atoms with Crippen LogP contribution >= 0.6 is 0 Å². The van der Waals surface area contributed by atoms with Crippen molar-refractivity contribution in [1.29, 1.82) is 0 Å². The Hall–Kier alpha value is -0.530. The van der Waals surface area contributed by atoms with Crippen LogP contribution in [0.4, 0.5) is 0 Å². The summed E-state index contributed by atoms with van der Waals surface area (Å²) in [5, 5.41) is 9.47. The minimum atomic E-state index is -0.629. The lowest BCUT2D eigenvalue weighted by molar-refractivity contribution is -0.148. The Bertz CT molecular complexity index is 266. The van der Waals surface area contributed by atoms with Crippen molar-refractivity contribution in [3.63, 3.8) is 0 Å². The number of aliphatic carboxylic acids is 1. The number of carboxylic acids is 1. The van der Waals surface area contributed by atoms with Gasteiger partial charge in [0.1, 0.15) is 0 Å². The summed E-state index contributed by atoms with van der Waals surface area (Å²) < 4.78 is 0. The molecule has 2 nitrogen and oxygen atoms in total. The second-order valence-corrected chi connectivity index (χ2v) is 6.71. The highest BCUT2D eigenvalue weighted by Crippen LogP contribution is 2.51. The number of carbonyl (C=O) groups is 1. The van der Waals surface area contributed by atoms with Crippen LogP contribution in [-0.4, -0.2) is 11.1 Å². The van der Waals surface area contributed by atoms with Crippen molar-refractivity contribution in [2.24, 2.45) is 22.7 Å². The SMILES string of the molecule is CCCC(C(CC)C(=O)O)C(C)(C)C(C)(C)CC. The maximum absolute atomic E-state index is 11.5. The van der Waals surface area contributed by atoms with Gasteiger partial charge in [-0.15, -0.1) is 0 Å². The van der Waals surface area contributed by atoms with Gasteiger partial charge in [0.15, 0.2) is 0 Å². The highest BCUT2D eigenvalue weighted by molar-refractivity contribution is 5.70. The van der Waals surface area contributed by atoms with Gasteiger partial charge in [-0.25, -0.2) is 0 Å². The van der Waals surface area contributed by atoms with Gasteiger partial charge in [-0.3, -0.25) is 4.79 Å². The van der Waals surface area contributed by atoms with Gasteiger partial charge < -0.3 is 5.11 Å². The van der Waals surface area contributed by atoms with E-state index < -0.39 is 5.97 Å². The lowest BCUT2D eigenvalue weighted by atomic mass is 9.56. The van der Waals surface area contributed by atoms with Crippen LogP contribution in [0.15, 0.2) is 0 Å². The van der Waals surface area contributed by atoms with E-state index in [2.05, 4.69) is 41.5 Å². The molecule has 0 saturated carbocycles. The van der Waals surface area contributed by atoms with Crippen molar-refractivity contribution >= 4 is 5.97 Å². The molecule has 2 heteroatoms. The van der Waals surface area contributed by atoms with Gasteiger partial charge in [-0.1, -0.05) is 61.3 Å². The zero-order valence-electron chi connectivity index (χ0n) is 13.3. The summed E-state index contributed by atoms with van der Waals surface area (Å²) in [7, 11) is 0. The molecule has 18 heavy (non-hydrogen) atoms.